The summed E-state index contributed by atoms with van der Waals surface area (Å²) in [5.41, 5.74) is 1.38. The number of benzene rings is 2. The van der Waals surface area contributed by atoms with Crippen LogP contribution in [0.1, 0.15) is 17.6 Å². The van der Waals surface area contributed by atoms with Crippen LogP contribution in [0.15, 0.2) is 54.7 Å². The summed E-state index contributed by atoms with van der Waals surface area (Å²) >= 11 is 0. The minimum atomic E-state index is -0.252. The lowest BCUT2D eigenvalue weighted by atomic mass is 10.2. The van der Waals surface area contributed by atoms with Crippen LogP contribution in [0.25, 0.3) is 10.9 Å². The van der Waals surface area contributed by atoms with E-state index in [-0.39, 0.29) is 24.7 Å². The van der Waals surface area contributed by atoms with Crippen LogP contribution in [0, 0.1) is 0 Å². The zero-order chi connectivity index (χ0) is 18.5. The monoisotopic (exact) mass is 352 g/mol. The average molecular weight is 352 g/mol. The predicted molar refractivity (Wildman–Crippen MR) is 100.0 cm³/mol. The Morgan fingerprint density at radius 3 is 2.58 bits per heavy atom. The molecule has 6 heteroatoms. The van der Waals surface area contributed by atoms with Crippen molar-refractivity contribution in [2.75, 3.05) is 19.5 Å². The molecule has 2 aromatic carbocycles. The third kappa shape index (κ3) is 3.69. The van der Waals surface area contributed by atoms with E-state index in [0.29, 0.717) is 17.2 Å². The van der Waals surface area contributed by atoms with Crippen LogP contribution in [0.2, 0.25) is 0 Å². The van der Waals surface area contributed by atoms with Gasteiger partial charge in [-0.2, -0.15) is 0 Å². The molecule has 0 aliphatic carbocycles. The number of nitrogens with one attached hydrogen (secondary N) is 1. The second kappa shape index (κ2) is 7.74. The first kappa shape index (κ1) is 17.5. The zero-order valence-electron chi connectivity index (χ0n) is 14.7. The Morgan fingerprint density at radius 2 is 1.81 bits per heavy atom. The Kier molecular flexibility index (Phi) is 5.22. The van der Waals surface area contributed by atoms with E-state index in [1.54, 1.807) is 36.1 Å². The maximum absolute atomic E-state index is 12.4. The Balaban J connectivity index is 1.63. The second-order valence-corrected chi connectivity index (χ2v) is 5.75. The summed E-state index contributed by atoms with van der Waals surface area (Å²) in [5, 5.41) is 3.76. The topological polar surface area (TPSA) is 69.6 Å². The molecule has 1 heterocycles. The molecule has 3 aromatic rings. The first-order valence-electron chi connectivity index (χ1n) is 8.23. The van der Waals surface area contributed by atoms with Crippen molar-refractivity contribution in [1.82, 2.24) is 4.57 Å². The molecule has 3 rings (SSSR count). The number of fused-ring (bicyclic) bond motifs is 1. The number of carbonyl (C=O) groups excluding carboxylic acids is 2. The number of nitrogens with zero attached hydrogens (tertiary/aromatic N) is 1. The number of hydrogen-bond donors (Lipinski definition) is 1. The Labute approximate surface area is 151 Å². The molecule has 6 nitrogen and oxygen atoms in total. The van der Waals surface area contributed by atoms with Crippen molar-refractivity contribution in [3.05, 3.63) is 54.7 Å². The van der Waals surface area contributed by atoms with Gasteiger partial charge in [0.25, 0.3) is 0 Å². The molecule has 0 radical (unpaired) electrons. The third-order valence-electron chi connectivity index (χ3n) is 4.12. The molecule has 0 bridgehead atoms. The lowest BCUT2D eigenvalue weighted by Crippen LogP contribution is -2.16. The summed E-state index contributed by atoms with van der Waals surface area (Å²) in [6.07, 6.45) is 1.93. The van der Waals surface area contributed by atoms with Gasteiger partial charge in [0, 0.05) is 30.5 Å². The summed E-state index contributed by atoms with van der Waals surface area (Å²) in [7, 11) is 3.08. The van der Waals surface area contributed by atoms with Crippen molar-refractivity contribution in [3.63, 3.8) is 0 Å². The van der Waals surface area contributed by atoms with E-state index in [0.717, 1.165) is 10.9 Å². The van der Waals surface area contributed by atoms with E-state index in [1.807, 2.05) is 30.3 Å². The van der Waals surface area contributed by atoms with E-state index < -0.39 is 0 Å². The van der Waals surface area contributed by atoms with Crippen LogP contribution in [-0.4, -0.2) is 30.6 Å². The molecule has 0 atom stereocenters. The zero-order valence-corrected chi connectivity index (χ0v) is 14.7. The summed E-state index contributed by atoms with van der Waals surface area (Å²) in [6.45, 7) is 0. The molecule has 0 fully saturated rings. The van der Waals surface area contributed by atoms with Gasteiger partial charge in [0.05, 0.1) is 25.4 Å². The van der Waals surface area contributed by atoms with Gasteiger partial charge in [-0.15, -0.1) is 0 Å². The molecule has 134 valence electrons. The van der Waals surface area contributed by atoms with E-state index in [9.17, 15) is 9.59 Å². The number of rotatable bonds is 6. The number of carbonyl (C=O) groups is 2. The van der Waals surface area contributed by atoms with Crippen LogP contribution in [0.4, 0.5) is 5.69 Å². The maximum Gasteiger partial charge on any atom is 0.231 e. The van der Waals surface area contributed by atoms with Crippen molar-refractivity contribution in [3.8, 4) is 11.5 Å². The van der Waals surface area contributed by atoms with E-state index in [2.05, 4.69) is 5.32 Å². The van der Waals surface area contributed by atoms with Crippen LogP contribution in [0.5, 0.6) is 11.5 Å². The molecular weight excluding hydrogens is 332 g/mol. The van der Waals surface area contributed by atoms with Gasteiger partial charge in [0.15, 0.2) is 0 Å². The normalized spacial score (nSPS) is 10.5. The van der Waals surface area contributed by atoms with Crippen molar-refractivity contribution in [2.24, 2.45) is 0 Å². The fourth-order valence-electron chi connectivity index (χ4n) is 2.76. The highest BCUT2D eigenvalue weighted by molar-refractivity contribution is 5.97. The van der Waals surface area contributed by atoms with Gasteiger partial charge < -0.3 is 14.8 Å². The number of anilines is 1. The molecule has 0 aliphatic rings. The minimum absolute atomic E-state index is 0.0839. The van der Waals surface area contributed by atoms with Gasteiger partial charge in [-0.1, -0.05) is 18.2 Å². The number of ether oxygens (including phenoxy) is 2. The van der Waals surface area contributed by atoms with Gasteiger partial charge in [-0.05, 0) is 24.3 Å². The van der Waals surface area contributed by atoms with Crippen molar-refractivity contribution in [2.45, 2.75) is 12.8 Å². The number of amides is 1. The molecule has 1 amide bonds. The lowest BCUT2D eigenvalue weighted by molar-refractivity contribution is -0.116. The lowest BCUT2D eigenvalue weighted by Gasteiger charge is -2.11. The summed E-state index contributed by atoms with van der Waals surface area (Å²) < 4.78 is 12.0. The second-order valence-electron chi connectivity index (χ2n) is 5.75. The van der Waals surface area contributed by atoms with Gasteiger partial charge in [0.2, 0.25) is 11.8 Å². The predicted octanol–water partition coefficient (Wildman–Crippen LogP) is 3.72. The minimum Gasteiger partial charge on any atom is -0.497 e. The average Bonchev–Trinajstić information content (AvgIpc) is 3.10. The Hall–Kier alpha value is -3.28. The molecule has 1 aromatic heterocycles. The molecule has 0 spiro atoms. The maximum atomic E-state index is 12.4. The quantitative estimate of drug-likeness (QED) is 0.734. The summed E-state index contributed by atoms with van der Waals surface area (Å²) in [4.78, 5) is 24.6. The van der Waals surface area contributed by atoms with Gasteiger partial charge in [0.1, 0.15) is 11.5 Å². The summed E-state index contributed by atoms with van der Waals surface area (Å²) in [6, 6.07) is 14.6. The summed E-state index contributed by atoms with van der Waals surface area (Å²) in [5.74, 6) is 0.760. The fourth-order valence-corrected chi connectivity index (χ4v) is 2.76. The molecule has 26 heavy (non-hydrogen) atoms. The van der Waals surface area contributed by atoms with Gasteiger partial charge >= 0.3 is 0 Å². The molecule has 0 saturated heterocycles. The molecule has 1 N–H and O–H groups in total. The molecule has 0 unspecified atom stereocenters. The van der Waals surface area contributed by atoms with Gasteiger partial charge in [-0.3, -0.25) is 14.2 Å². The SMILES string of the molecule is COc1ccc(NC(=O)CCC(=O)n2ccc3ccccc32)c(OC)c1. The molecular formula is C20H20N2O4. The van der Waals surface area contributed by atoms with Crippen molar-refractivity contribution >= 4 is 28.4 Å². The fraction of sp³-hybridized carbons (Fsp3) is 0.200. The van der Waals surface area contributed by atoms with Crippen LogP contribution >= 0.6 is 0 Å². The number of para-hydroxylation sites is 1. The first-order valence-corrected chi connectivity index (χ1v) is 8.23. The van der Waals surface area contributed by atoms with E-state index in [4.69, 9.17) is 9.47 Å². The highest BCUT2D eigenvalue weighted by Crippen LogP contribution is 2.29. The van der Waals surface area contributed by atoms with E-state index >= 15 is 0 Å². The molecule has 0 aliphatic heterocycles. The van der Waals surface area contributed by atoms with Crippen molar-refractivity contribution < 1.29 is 19.1 Å². The number of aromatic nitrogens is 1. The first-order chi connectivity index (χ1) is 12.6. The smallest absolute Gasteiger partial charge is 0.231 e. The van der Waals surface area contributed by atoms with Crippen LogP contribution in [0.3, 0.4) is 0 Å². The highest BCUT2D eigenvalue weighted by atomic mass is 16.5. The van der Waals surface area contributed by atoms with E-state index in [1.165, 1.54) is 7.11 Å². The standard InChI is InChI=1S/C20H20N2O4/c1-25-15-7-8-16(18(13-15)26-2)21-19(23)9-10-20(24)22-12-11-14-5-3-4-6-17(14)22/h3-8,11-13H,9-10H2,1-2H3,(H,21,23). The van der Waals surface area contributed by atoms with Crippen LogP contribution < -0.4 is 14.8 Å². The Morgan fingerprint density at radius 1 is 1.00 bits per heavy atom. The Bertz CT molecular complexity index is 946. The van der Waals surface area contributed by atoms with Gasteiger partial charge in [-0.25, -0.2) is 0 Å². The number of methoxy groups -OCH3 is 2. The van der Waals surface area contributed by atoms with Crippen molar-refractivity contribution in [1.29, 1.82) is 0 Å². The van der Waals surface area contributed by atoms with Crippen LogP contribution in [-0.2, 0) is 4.79 Å². The molecule has 0 saturated carbocycles. The third-order valence-corrected chi connectivity index (χ3v) is 4.12. The number of hydrogen-bond acceptors (Lipinski definition) is 4. The highest BCUT2D eigenvalue weighted by Gasteiger charge is 2.13. The largest absolute Gasteiger partial charge is 0.497 e.